The maximum atomic E-state index is 10.2. The van der Waals surface area contributed by atoms with E-state index in [0.717, 1.165) is 16.9 Å². The lowest BCUT2D eigenvalue weighted by atomic mass is 10.1. The zero-order valence-corrected chi connectivity index (χ0v) is 15.4. The van der Waals surface area contributed by atoms with Gasteiger partial charge in [-0.3, -0.25) is 4.90 Å². The molecule has 0 saturated carbocycles. The molecule has 0 bridgehead atoms. The Balaban J connectivity index is 1.55. The fraction of sp³-hybridized carbons (Fsp3) is 0.286. The molecule has 2 atom stereocenters. The van der Waals surface area contributed by atoms with Crippen molar-refractivity contribution in [2.75, 3.05) is 13.7 Å². The Morgan fingerprint density at radius 1 is 1.29 bits per heavy atom. The first kappa shape index (κ1) is 18.2. The zero-order chi connectivity index (χ0) is 19.5. The second-order valence-electron chi connectivity index (χ2n) is 6.83. The molecule has 1 aromatic heterocycles. The van der Waals surface area contributed by atoms with E-state index in [4.69, 9.17) is 14.5 Å². The van der Waals surface area contributed by atoms with Gasteiger partial charge in [-0.05, 0) is 48.4 Å². The van der Waals surface area contributed by atoms with Gasteiger partial charge in [0.15, 0.2) is 0 Å². The van der Waals surface area contributed by atoms with Crippen LogP contribution in [0.3, 0.4) is 0 Å². The Kier molecular flexibility index (Phi) is 5.06. The predicted octanol–water partition coefficient (Wildman–Crippen LogP) is 2.92. The molecule has 0 amide bonds. The monoisotopic (exact) mass is 376 g/mol. The lowest BCUT2D eigenvalue weighted by Gasteiger charge is -2.21. The van der Waals surface area contributed by atoms with Crippen LogP contribution in [0.5, 0.6) is 5.75 Å². The summed E-state index contributed by atoms with van der Waals surface area (Å²) in [5, 5.41) is 23.4. The summed E-state index contributed by atoms with van der Waals surface area (Å²) in [6.07, 6.45) is 0.0721. The molecule has 28 heavy (non-hydrogen) atoms. The molecule has 0 radical (unpaired) electrons. The number of likely N-dealkylation sites (tertiary alicyclic amines) is 1. The number of β-amino-alcohol motifs (C(OH)–C–C–N with tert-alkyl or cyclic N) is 1. The van der Waals surface area contributed by atoms with E-state index in [2.05, 4.69) is 21.1 Å². The molecule has 1 aliphatic rings. The molecule has 0 unspecified atom stereocenters. The zero-order valence-electron chi connectivity index (χ0n) is 15.4. The standard InChI is InChI=1S/C21H20N4O3/c1-27-18-7-5-16(6-8-18)20-23-21(28-24-20)19-10-17(26)13-25(19)12-15-4-2-3-14(9-15)11-22/h2-9,17,19,26H,10,12-13H2,1H3/t17-,19+/m1/s1. The minimum atomic E-state index is -0.458. The number of benzene rings is 2. The molecule has 1 N–H and O–H groups in total. The molecule has 1 fully saturated rings. The van der Waals surface area contributed by atoms with Gasteiger partial charge in [0.05, 0.1) is 30.9 Å². The van der Waals surface area contributed by atoms with E-state index in [1.54, 1.807) is 13.2 Å². The number of aromatic nitrogens is 2. The van der Waals surface area contributed by atoms with Crippen LogP contribution in [-0.2, 0) is 6.54 Å². The highest BCUT2D eigenvalue weighted by atomic mass is 16.5. The number of aliphatic hydroxyl groups excluding tert-OH is 1. The lowest BCUT2D eigenvalue weighted by Crippen LogP contribution is -2.24. The molecule has 4 rings (SSSR count). The second kappa shape index (κ2) is 7.80. The topological polar surface area (TPSA) is 95.4 Å². The van der Waals surface area contributed by atoms with Crippen LogP contribution in [-0.4, -0.2) is 39.9 Å². The van der Waals surface area contributed by atoms with Crippen LogP contribution in [0.25, 0.3) is 11.4 Å². The average molecular weight is 376 g/mol. The fourth-order valence-corrected chi connectivity index (χ4v) is 3.51. The number of hydrogen-bond acceptors (Lipinski definition) is 7. The summed E-state index contributed by atoms with van der Waals surface area (Å²) in [5.41, 5.74) is 2.46. The molecule has 2 aromatic carbocycles. The van der Waals surface area contributed by atoms with Gasteiger partial charge in [0.1, 0.15) is 5.75 Å². The van der Waals surface area contributed by atoms with Gasteiger partial charge < -0.3 is 14.4 Å². The number of ether oxygens (including phenoxy) is 1. The molecule has 1 aliphatic heterocycles. The van der Waals surface area contributed by atoms with Crippen molar-refractivity contribution in [1.29, 1.82) is 5.26 Å². The molecule has 142 valence electrons. The van der Waals surface area contributed by atoms with E-state index in [1.165, 1.54) is 0 Å². The Morgan fingerprint density at radius 2 is 2.11 bits per heavy atom. The smallest absolute Gasteiger partial charge is 0.244 e. The first-order chi connectivity index (χ1) is 13.7. The van der Waals surface area contributed by atoms with Gasteiger partial charge in [0.2, 0.25) is 11.7 Å². The molecular formula is C21H20N4O3. The van der Waals surface area contributed by atoms with Crippen LogP contribution in [0.4, 0.5) is 0 Å². The Labute approximate surface area is 162 Å². The van der Waals surface area contributed by atoms with Gasteiger partial charge in [-0.1, -0.05) is 17.3 Å². The number of hydrogen-bond donors (Lipinski definition) is 1. The molecule has 0 aliphatic carbocycles. The third-order valence-corrected chi connectivity index (χ3v) is 4.90. The van der Waals surface area contributed by atoms with Crippen LogP contribution >= 0.6 is 0 Å². The van der Waals surface area contributed by atoms with E-state index >= 15 is 0 Å². The third kappa shape index (κ3) is 3.74. The van der Waals surface area contributed by atoms with Crippen molar-refractivity contribution in [1.82, 2.24) is 15.0 Å². The van der Waals surface area contributed by atoms with Gasteiger partial charge in [-0.2, -0.15) is 10.2 Å². The number of nitrogens with zero attached hydrogens (tertiary/aromatic N) is 4. The van der Waals surface area contributed by atoms with Gasteiger partial charge >= 0.3 is 0 Å². The highest BCUT2D eigenvalue weighted by molar-refractivity contribution is 5.55. The maximum Gasteiger partial charge on any atom is 0.244 e. The highest BCUT2D eigenvalue weighted by Gasteiger charge is 2.36. The van der Waals surface area contributed by atoms with Crippen LogP contribution < -0.4 is 4.74 Å². The fourth-order valence-electron chi connectivity index (χ4n) is 3.51. The Morgan fingerprint density at radius 3 is 2.86 bits per heavy atom. The average Bonchev–Trinajstić information content (AvgIpc) is 3.35. The van der Waals surface area contributed by atoms with Crippen LogP contribution in [0, 0.1) is 11.3 Å². The minimum absolute atomic E-state index is 0.166. The lowest BCUT2D eigenvalue weighted by molar-refractivity contribution is 0.169. The molecule has 1 saturated heterocycles. The van der Waals surface area contributed by atoms with E-state index in [9.17, 15) is 5.11 Å². The first-order valence-corrected chi connectivity index (χ1v) is 9.05. The SMILES string of the molecule is COc1ccc(-c2noc([C@@H]3C[C@@H](O)CN3Cc3cccc(C#N)c3)n2)cc1. The van der Waals surface area contributed by atoms with Crippen molar-refractivity contribution >= 4 is 0 Å². The van der Waals surface area contributed by atoms with Gasteiger partial charge in [-0.15, -0.1) is 0 Å². The third-order valence-electron chi connectivity index (χ3n) is 4.90. The summed E-state index contributed by atoms with van der Waals surface area (Å²) < 4.78 is 10.7. The number of aliphatic hydroxyl groups is 1. The molecule has 7 nitrogen and oxygen atoms in total. The minimum Gasteiger partial charge on any atom is -0.497 e. The van der Waals surface area contributed by atoms with Gasteiger partial charge in [0, 0.05) is 18.7 Å². The van der Waals surface area contributed by atoms with E-state index in [0.29, 0.717) is 36.8 Å². The van der Waals surface area contributed by atoms with Gasteiger partial charge in [0.25, 0.3) is 0 Å². The molecule has 3 aromatic rings. The molecule has 2 heterocycles. The van der Waals surface area contributed by atoms with E-state index in [1.807, 2.05) is 42.5 Å². The van der Waals surface area contributed by atoms with Crippen molar-refractivity contribution in [3.8, 4) is 23.2 Å². The summed E-state index contributed by atoms with van der Waals surface area (Å²) in [6.45, 7) is 1.11. The predicted molar refractivity (Wildman–Crippen MR) is 101 cm³/mol. The van der Waals surface area contributed by atoms with Crippen molar-refractivity contribution in [2.45, 2.75) is 25.1 Å². The molecular weight excluding hydrogens is 356 g/mol. The second-order valence-corrected chi connectivity index (χ2v) is 6.83. The maximum absolute atomic E-state index is 10.2. The number of nitriles is 1. The quantitative estimate of drug-likeness (QED) is 0.731. The summed E-state index contributed by atoms with van der Waals surface area (Å²) >= 11 is 0. The highest BCUT2D eigenvalue weighted by Crippen LogP contribution is 2.33. The normalized spacial score (nSPS) is 19.5. The van der Waals surface area contributed by atoms with E-state index in [-0.39, 0.29) is 6.04 Å². The van der Waals surface area contributed by atoms with Crippen molar-refractivity contribution in [2.24, 2.45) is 0 Å². The summed E-state index contributed by atoms with van der Waals surface area (Å²) in [7, 11) is 1.62. The number of methoxy groups -OCH3 is 1. The van der Waals surface area contributed by atoms with Crippen molar-refractivity contribution in [3.05, 3.63) is 65.5 Å². The van der Waals surface area contributed by atoms with Crippen molar-refractivity contribution in [3.63, 3.8) is 0 Å². The van der Waals surface area contributed by atoms with Gasteiger partial charge in [-0.25, -0.2) is 0 Å². The first-order valence-electron chi connectivity index (χ1n) is 9.05. The largest absolute Gasteiger partial charge is 0.497 e. The number of rotatable bonds is 5. The van der Waals surface area contributed by atoms with Crippen LogP contribution in [0.15, 0.2) is 53.1 Å². The van der Waals surface area contributed by atoms with Crippen LogP contribution in [0.1, 0.15) is 29.5 Å². The summed E-state index contributed by atoms with van der Waals surface area (Å²) in [5.74, 6) is 1.75. The van der Waals surface area contributed by atoms with Crippen LogP contribution in [0.2, 0.25) is 0 Å². The molecule has 7 heteroatoms. The summed E-state index contributed by atoms with van der Waals surface area (Å²) in [4.78, 5) is 6.66. The van der Waals surface area contributed by atoms with Crippen molar-refractivity contribution < 1.29 is 14.4 Å². The Bertz CT molecular complexity index is 993. The van der Waals surface area contributed by atoms with E-state index < -0.39 is 6.10 Å². The Hall–Kier alpha value is -3.21. The summed E-state index contributed by atoms with van der Waals surface area (Å²) in [6, 6.07) is 16.9. The molecule has 0 spiro atoms.